The van der Waals surface area contributed by atoms with E-state index in [1.165, 1.54) is 36.6 Å². The summed E-state index contributed by atoms with van der Waals surface area (Å²) in [5.41, 5.74) is 1.35. The number of carbonyl (C=O) groups excluding carboxylic acids is 1. The van der Waals surface area contributed by atoms with Crippen LogP contribution in [0.3, 0.4) is 0 Å². The number of benzene rings is 2. The van der Waals surface area contributed by atoms with Gasteiger partial charge in [0.25, 0.3) is 0 Å². The van der Waals surface area contributed by atoms with Gasteiger partial charge in [0, 0.05) is 12.6 Å². The minimum Gasteiger partial charge on any atom is -0.468 e. The van der Waals surface area contributed by atoms with Crippen LogP contribution in [0.5, 0.6) is 5.75 Å². The highest BCUT2D eigenvalue weighted by Crippen LogP contribution is 2.15. The molecule has 1 aromatic heterocycles. The summed E-state index contributed by atoms with van der Waals surface area (Å²) in [5, 5.41) is 2.67. The van der Waals surface area contributed by atoms with Gasteiger partial charge in [-0.2, -0.15) is 8.78 Å². The zero-order valence-electron chi connectivity index (χ0n) is 16.7. The molecule has 0 unspecified atom stereocenters. The second kappa shape index (κ2) is 10.7. The molecule has 168 valence electrons. The third-order valence-electron chi connectivity index (χ3n) is 4.25. The topological polar surface area (TPSA) is 97.6 Å². The molecule has 7 nitrogen and oxygen atoms in total. The fourth-order valence-corrected chi connectivity index (χ4v) is 3.62. The zero-order valence-corrected chi connectivity index (χ0v) is 17.5. The van der Waals surface area contributed by atoms with Crippen LogP contribution in [0.4, 0.5) is 8.78 Å². The third kappa shape index (κ3) is 7.03. The van der Waals surface area contributed by atoms with Crippen LogP contribution in [-0.2, 0) is 27.9 Å². The van der Waals surface area contributed by atoms with Gasteiger partial charge in [-0.1, -0.05) is 24.3 Å². The van der Waals surface area contributed by atoms with E-state index in [1.54, 1.807) is 42.5 Å². The van der Waals surface area contributed by atoms with E-state index in [0.29, 0.717) is 16.9 Å². The Labute approximate surface area is 183 Å². The molecule has 0 aliphatic carbocycles. The lowest BCUT2D eigenvalue weighted by atomic mass is 10.2. The number of sulfonamides is 1. The standard InChI is InChI=1S/C22H20F2N2O5S/c23-22(24)31-18-8-3-17(4-9-18)14-25-21(27)12-7-16-5-10-20(11-6-16)32(28,29)26-15-19-2-1-13-30-19/h1-13,22,26H,14-15H2,(H,25,27)/b12-7+. The summed E-state index contributed by atoms with van der Waals surface area (Å²) in [6.45, 7) is -2.65. The number of carbonyl (C=O) groups is 1. The third-order valence-corrected chi connectivity index (χ3v) is 5.67. The van der Waals surface area contributed by atoms with Crippen molar-refractivity contribution in [3.63, 3.8) is 0 Å². The molecule has 3 aromatic rings. The molecule has 0 spiro atoms. The first-order chi connectivity index (χ1) is 15.3. The molecule has 0 aliphatic rings. The Balaban J connectivity index is 1.49. The van der Waals surface area contributed by atoms with Crippen molar-refractivity contribution in [2.45, 2.75) is 24.6 Å². The molecule has 32 heavy (non-hydrogen) atoms. The Morgan fingerprint density at radius 3 is 2.38 bits per heavy atom. The maximum atomic E-state index is 12.3. The molecule has 1 amide bonds. The molecule has 0 bridgehead atoms. The van der Waals surface area contributed by atoms with Crippen LogP contribution in [0, 0.1) is 0 Å². The largest absolute Gasteiger partial charge is 0.468 e. The molecule has 10 heteroatoms. The predicted molar refractivity (Wildman–Crippen MR) is 113 cm³/mol. The molecule has 0 radical (unpaired) electrons. The van der Waals surface area contributed by atoms with Crippen molar-refractivity contribution in [2.24, 2.45) is 0 Å². The molecule has 1 heterocycles. The van der Waals surface area contributed by atoms with Crippen molar-refractivity contribution in [3.8, 4) is 5.75 Å². The number of hydrogen-bond donors (Lipinski definition) is 2. The summed E-state index contributed by atoms with van der Waals surface area (Å²) in [5.74, 6) is 0.169. The summed E-state index contributed by atoms with van der Waals surface area (Å²) in [7, 11) is -3.70. The molecule has 2 aromatic carbocycles. The monoisotopic (exact) mass is 462 g/mol. The first-order valence-electron chi connectivity index (χ1n) is 9.43. The predicted octanol–water partition coefficient (Wildman–Crippen LogP) is 3.69. The van der Waals surface area contributed by atoms with E-state index in [-0.39, 0.29) is 29.6 Å². The van der Waals surface area contributed by atoms with E-state index >= 15 is 0 Å². The molecular weight excluding hydrogens is 442 g/mol. The molecule has 0 aliphatic heterocycles. The molecular formula is C22H20F2N2O5S. The number of furan rings is 1. The molecule has 0 atom stereocenters. The van der Waals surface area contributed by atoms with Crippen molar-refractivity contribution in [1.29, 1.82) is 0 Å². The lowest BCUT2D eigenvalue weighted by Crippen LogP contribution is -2.22. The van der Waals surface area contributed by atoms with Gasteiger partial charge in [0.1, 0.15) is 11.5 Å². The highest BCUT2D eigenvalue weighted by atomic mass is 32.2. The van der Waals surface area contributed by atoms with Gasteiger partial charge in [0.05, 0.1) is 17.7 Å². The first kappa shape index (κ1) is 23.2. The first-order valence-corrected chi connectivity index (χ1v) is 10.9. The summed E-state index contributed by atoms with van der Waals surface area (Å²) in [4.78, 5) is 12.1. The highest BCUT2D eigenvalue weighted by Gasteiger charge is 2.14. The second-order valence-electron chi connectivity index (χ2n) is 6.55. The van der Waals surface area contributed by atoms with Crippen molar-refractivity contribution >= 4 is 22.0 Å². The lowest BCUT2D eigenvalue weighted by Gasteiger charge is -2.06. The summed E-state index contributed by atoms with van der Waals surface area (Å²) in [6, 6.07) is 15.3. The summed E-state index contributed by atoms with van der Waals surface area (Å²) < 4.78 is 60.7. The smallest absolute Gasteiger partial charge is 0.387 e. The van der Waals surface area contributed by atoms with Crippen molar-refractivity contribution < 1.29 is 31.1 Å². The summed E-state index contributed by atoms with van der Waals surface area (Å²) >= 11 is 0. The van der Waals surface area contributed by atoms with Crippen LogP contribution in [-0.4, -0.2) is 20.9 Å². The maximum Gasteiger partial charge on any atom is 0.387 e. The number of amides is 1. The Kier molecular flexibility index (Phi) is 7.74. The SMILES string of the molecule is O=C(/C=C/c1ccc(S(=O)(=O)NCc2ccco2)cc1)NCc1ccc(OC(F)F)cc1. The Morgan fingerprint density at radius 1 is 1.03 bits per heavy atom. The van der Waals surface area contributed by atoms with Gasteiger partial charge in [-0.25, -0.2) is 13.1 Å². The normalized spacial score (nSPS) is 11.7. The van der Waals surface area contributed by atoms with E-state index in [1.807, 2.05) is 0 Å². The van der Waals surface area contributed by atoms with Crippen molar-refractivity contribution in [2.75, 3.05) is 0 Å². The number of nitrogens with one attached hydrogen (secondary N) is 2. The van der Waals surface area contributed by atoms with Gasteiger partial charge in [-0.05, 0) is 53.6 Å². The number of halogens is 2. The van der Waals surface area contributed by atoms with Gasteiger partial charge < -0.3 is 14.5 Å². The fraction of sp³-hybridized carbons (Fsp3) is 0.136. The van der Waals surface area contributed by atoms with Crippen LogP contribution in [0.15, 0.2) is 82.3 Å². The second-order valence-corrected chi connectivity index (χ2v) is 8.31. The Hall–Kier alpha value is -3.50. The van der Waals surface area contributed by atoms with Gasteiger partial charge >= 0.3 is 6.61 Å². The average molecular weight is 462 g/mol. The Bertz CT molecular complexity index is 1140. The van der Waals surface area contributed by atoms with E-state index in [4.69, 9.17) is 4.42 Å². The van der Waals surface area contributed by atoms with Gasteiger partial charge in [-0.15, -0.1) is 0 Å². The van der Waals surface area contributed by atoms with Gasteiger partial charge in [0.15, 0.2) is 0 Å². The number of rotatable bonds is 10. The molecule has 3 rings (SSSR count). The van der Waals surface area contributed by atoms with E-state index in [2.05, 4.69) is 14.8 Å². The van der Waals surface area contributed by atoms with Crippen LogP contribution in [0.25, 0.3) is 6.08 Å². The van der Waals surface area contributed by atoms with E-state index in [9.17, 15) is 22.0 Å². The van der Waals surface area contributed by atoms with Crippen LogP contribution in [0.2, 0.25) is 0 Å². The number of hydrogen-bond acceptors (Lipinski definition) is 5. The van der Waals surface area contributed by atoms with Crippen molar-refractivity contribution in [1.82, 2.24) is 10.0 Å². The van der Waals surface area contributed by atoms with E-state index in [0.717, 1.165) is 0 Å². The average Bonchev–Trinajstić information content (AvgIpc) is 3.30. The van der Waals surface area contributed by atoms with E-state index < -0.39 is 16.6 Å². The highest BCUT2D eigenvalue weighted by molar-refractivity contribution is 7.89. The van der Waals surface area contributed by atoms with Gasteiger partial charge in [-0.3, -0.25) is 4.79 Å². The van der Waals surface area contributed by atoms with Crippen LogP contribution in [0.1, 0.15) is 16.9 Å². The number of ether oxygens (including phenoxy) is 1. The minimum atomic E-state index is -3.70. The Morgan fingerprint density at radius 2 is 1.75 bits per heavy atom. The summed E-state index contributed by atoms with van der Waals surface area (Å²) in [6.07, 6.45) is 4.32. The molecule has 2 N–H and O–H groups in total. The zero-order chi connectivity index (χ0) is 23.0. The fourth-order valence-electron chi connectivity index (χ4n) is 2.63. The molecule has 0 fully saturated rings. The lowest BCUT2D eigenvalue weighted by molar-refractivity contribution is -0.116. The number of alkyl halides is 2. The maximum absolute atomic E-state index is 12.3. The molecule has 0 saturated heterocycles. The van der Waals surface area contributed by atoms with Crippen LogP contribution >= 0.6 is 0 Å². The minimum absolute atomic E-state index is 0.0385. The van der Waals surface area contributed by atoms with Crippen molar-refractivity contribution in [3.05, 3.63) is 89.9 Å². The van der Waals surface area contributed by atoms with Crippen LogP contribution < -0.4 is 14.8 Å². The van der Waals surface area contributed by atoms with Gasteiger partial charge in [0.2, 0.25) is 15.9 Å². The molecule has 0 saturated carbocycles. The quantitative estimate of drug-likeness (QED) is 0.448.